The number of rotatable bonds is 5. The number of thioether (sulfide) groups is 1. The first-order chi connectivity index (χ1) is 12.2. The Balaban J connectivity index is 1.48. The van der Waals surface area contributed by atoms with Gasteiger partial charge in [0.05, 0.1) is 12.9 Å². The molecule has 0 aromatic heterocycles. The van der Waals surface area contributed by atoms with Crippen molar-refractivity contribution in [2.24, 2.45) is 0 Å². The van der Waals surface area contributed by atoms with Crippen molar-refractivity contribution in [2.45, 2.75) is 4.90 Å². The molecule has 1 heterocycles. The van der Waals surface area contributed by atoms with Gasteiger partial charge in [0, 0.05) is 42.4 Å². The SMILES string of the molecule is COc1ccc(N2CCN(C(=O)CSc3cccc(N)c3)CC2)cc1. The number of hydrogen-bond acceptors (Lipinski definition) is 5. The summed E-state index contributed by atoms with van der Waals surface area (Å²) in [7, 11) is 1.67. The largest absolute Gasteiger partial charge is 0.497 e. The number of nitrogen functional groups attached to an aromatic ring is 1. The first-order valence-electron chi connectivity index (χ1n) is 8.31. The van der Waals surface area contributed by atoms with Crippen LogP contribution in [0.4, 0.5) is 11.4 Å². The van der Waals surface area contributed by atoms with Gasteiger partial charge in [-0.1, -0.05) is 6.07 Å². The summed E-state index contributed by atoms with van der Waals surface area (Å²) < 4.78 is 5.19. The van der Waals surface area contributed by atoms with Crippen molar-refractivity contribution in [1.29, 1.82) is 0 Å². The zero-order valence-corrected chi connectivity index (χ0v) is 15.2. The molecule has 0 unspecified atom stereocenters. The Bertz CT molecular complexity index is 713. The normalized spacial score (nSPS) is 14.4. The number of ether oxygens (including phenoxy) is 1. The summed E-state index contributed by atoms with van der Waals surface area (Å²) in [5.41, 5.74) is 7.67. The Kier molecular flexibility index (Phi) is 5.71. The van der Waals surface area contributed by atoms with Crippen LogP contribution in [-0.2, 0) is 4.79 Å². The Morgan fingerprint density at radius 2 is 1.84 bits per heavy atom. The molecule has 3 rings (SSSR count). The molecule has 1 amide bonds. The second-order valence-electron chi connectivity index (χ2n) is 5.93. The third kappa shape index (κ3) is 4.60. The second kappa shape index (κ2) is 8.16. The number of anilines is 2. The van der Waals surface area contributed by atoms with E-state index < -0.39 is 0 Å². The standard InChI is InChI=1S/C19H23N3O2S/c1-24-17-7-5-16(6-8-17)21-9-11-22(12-10-21)19(23)14-25-18-4-2-3-15(20)13-18/h2-8,13H,9-12,14,20H2,1H3. The van der Waals surface area contributed by atoms with Crippen LogP contribution in [0.25, 0.3) is 0 Å². The maximum Gasteiger partial charge on any atom is 0.233 e. The van der Waals surface area contributed by atoms with Gasteiger partial charge < -0.3 is 20.3 Å². The zero-order valence-electron chi connectivity index (χ0n) is 14.4. The summed E-state index contributed by atoms with van der Waals surface area (Å²) in [6.07, 6.45) is 0. The third-order valence-electron chi connectivity index (χ3n) is 4.29. The van der Waals surface area contributed by atoms with E-state index in [-0.39, 0.29) is 5.91 Å². The quantitative estimate of drug-likeness (QED) is 0.659. The van der Waals surface area contributed by atoms with Crippen LogP contribution in [0.1, 0.15) is 0 Å². The zero-order chi connectivity index (χ0) is 17.6. The van der Waals surface area contributed by atoms with Crippen LogP contribution in [0.2, 0.25) is 0 Å². The fraction of sp³-hybridized carbons (Fsp3) is 0.316. The lowest BCUT2D eigenvalue weighted by atomic mass is 10.2. The molecule has 0 radical (unpaired) electrons. The molecular weight excluding hydrogens is 334 g/mol. The average molecular weight is 357 g/mol. The maximum absolute atomic E-state index is 12.4. The van der Waals surface area contributed by atoms with E-state index in [2.05, 4.69) is 17.0 Å². The van der Waals surface area contributed by atoms with Crippen LogP contribution in [0.15, 0.2) is 53.4 Å². The molecule has 1 aliphatic rings. The van der Waals surface area contributed by atoms with Crippen molar-refractivity contribution in [3.8, 4) is 5.75 Å². The van der Waals surface area contributed by atoms with E-state index in [0.29, 0.717) is 5.75 Å². The second-order valence-corrected chi connectivity index (χ2v) is 6.98. The van der Waals surface area contributed by atoms with Gasteiger partial charge >= 0.3 is 0 Å². The molecule has 25 heavy (non-hydrogen) atoms. The number of nitrogens with two attached hydrogens (primary N) is 1. The number of methoxy groups -OCH3 is 1. The smallest absolute Gasteiger partial charge is 0.233 e. The summed E-state index contributed by atoms with van der Waals surface area (Å²) in [4.78, 5) is 17.7. The van der Waals surface area contributed by atoms with E-state index in [1.165, 1.54) is 17.4 Å². The highest BCUT2D eigenvalue weighted by molar-refractivity contribution is 8.00. The molecule has 0 atom stereocenters. The van der Waals surface area contributed by atoms with Crippen LogP contribution in [0, 0.1) is 0 Å². The van der Waals surface area contributed by atoms with Crippen molar-refractivity contribution in [2.75, 3.05) is 49.7 Å². The number of carbonyl (C=O) groups excluding carboxylic acids is 1. The van der Waals surface area contributed by atoms with Crippen molar-refractivity contribution in [1.82, 2.24) is 4.90 Å². The lowest BCUT2D eigenvalue weighted by Crippen LogP contribution is -2.49. The monoisotopic (exact) mass is 357 g/mol. The van der Waals surface area contributed by atoms with E-state index in [1.54, 1.807) is 7.11 Å². The van der Waals surface area contributed by atoms with E-state index in [4.69, 9.17) is 10.5 Å². The molecule has 0 saturated carbocycles. The molecule has 0 spiro atoms. The van der Waals surface area contributed by atoms with Gasteiger partial charge in [0.1, 0.15) is 5.75 Å². The fourth-order valence-corrected chi connectivity index (χ4v) is 3.71. The molecule has 2 N–H and O–H groups in total. The molecule has 5 nitrogen and oxygen atoms in total. The van der Waals surface area contributed by atoms with Crippen molar-refractivity contribution in [3.05, 3.63) is 48.5 Å². The van der Waals surface area contributed by atoms with Crippen LogP contribution in [-0.4, -0.2) is 49.8 Å². The first-order valence-corrected chi connectivity index (χ1v) is 9.29. The molecule has 1 saturated heterocycles. The number of piperazine rings is 1. The van der Waals surface area contributed by atoms with Gasteiger partial charge in [0.2, 0.25) is 5.91 Å². The summed E-state index contributed by atoms with van der Waals surface area (Å²) in [6, 6.07) is 15.7. The fourth-order valence-electron chi connectivity index (χ4n) is 2.85. The highest BCUT2D eigenvalue weighted by atomic mass is 32.2. The molecular formula is C19H23N3O2S. The van der Waals surface area contributed by atoms with Crippen molar-refractivity contribution >= 4 is 29.0 Å². The molecule has 132 valence electrons. The van der Waals surface area contributed by atoms with Gasteiger partial charge in [0.25, 0.3) is 0 Å². The Morgan fingerprint density at radius 3 is 2.48 bits per heavy atom. The first kappa shape index (κ1) is 17.5. The predicted molar refractivity (Wildman–Crippen MR) is 103 cm³/mol. The highest BCUT2D eigenvalue weighted by Gasteiger charge is 2.21. The van der Waals surface area contributed by atoms with E-state index in [1.807, 2.05) is 41.3 Å². The molecule has 1 fully saturated rings. The van der Waals surface area contributed by atoms with Crippen LogP contribution >= 0.6 is 11.8 Å². The topological polar surface area (TPSA) is 58.8 Å². The highest BCUT2D eigenvalue weighted by Crippen LogP contribution is 2.22. The minimum absolute atomic E-state index is 0.182. The Labute approximate surface area is 152 Å². The van der Waals surface area contributed by atoms with E-state index >= 15 is 0 Å². The lowest BCUT2D eigenvalue weighted by molar-refractivity contribution is -0.128. The van der Waals surface area contributed by atoms with Crippen LogP contribution in [0.3, 0.4) is 0 Å². The van der Waals surface area contributed by atoms with E-state index in [0.717, 1.165) is 42.5 Å². The van der Waals surface area contributed by atoms with Gasteiger partial charge in [-0.3, -0.25) is 4.79 Å². The summed E-state index contributed by atoms with van der Waals surface area (Å²) in [6.45, 7) is 3.20. The number of hydrogen-bond donors (Lipinski definition) is 1. The summed E-state index contributed by atoms with van der Waals surface area (Å²) in [5, 5.41) is 0. The van der Waals surface area contributed by atoms with Gasteiger partial charge in [0.15, 0.2) is 0 Å². The number of benzene rings is 2. The molecule has 6 heteroatoms. The number of carbonyl (C=O) groups is 1. The minimum Gasteiger partial charge on any atom is -0.497 e. The molecule has 0 aliphatic carbocycles. The number of nitrogens with zero attached hydrogens (tertiary/aromatic N) is 2. The Morgan fingerprint density at radius 1 is 1.12 bits per heavy atom. The Hall–Kier alpha value is -2.34. The van der Waals surface area contributed by atoms with Gasteiger partial charge in [-0.15, -0.1) is 11.8 Å². The molecule has 0 bridgehead atoms. The van der Waals surface area contributed by atoms with Crippen LogP contribution in [0.5, 0.6) is 5.75 Å². The summed E-state index contributed by atoms with van der Waals surface area (Å²) in [5.74, 6) is 1.49. The van der Waals surface area contributed by atoms with Gasteiger partial charge in [-0.05, 0) is 42.5 Å². The molecule has 1 aliphatic heterocycles. The summed E-state index contributed by atoms with van der Waals surface area (Å²) >= 11 is 1.54. The van der Waals surface area contributed by atoms with Gasteiger partial charge in [-0.25, -0.2) is 0 Å². The number of amides is 1. The third-order valence-corrected chi connectivity index (χ3v) is 5.27. The van der Waals surface area contributed by atoms with E-state index in [9.17, 15) is 4.79 Å². The van der Waals surface area contributed by atoms with Crippen molar-refractivity contribution in [3.63, 3.8) is 0 Å². The maximum atomic E-state index is 12.4. The minimum atomic E-state index is 0.182. The lowest BCUT2D eigenvalue weighted by Gasteiger charge is -2.36. The molecule has 2 aromatic carbocycles. The van der Waals surface area contributed by atoms with Gasteiger partial charge in [-0.2, -0.15) is 0 Å². The average Bonchev–Trinajstić information content (AvgIpc) is 2.66. The molecule has 2 aromatic rings. The predicted octanol–water partition coefficient (Wildman–Crippen LogP) is 2.72. The van der Waals surface area contributed by atoms with Crippen molar-refractivity contribution < 1.29 is 9.53 Å². The van der Waals surface area contributed by atoms with Crippen LogP contribution < -0.4 is 15.4 Å².